The van der Waals surface area contributed by atoms with Crippen LogP contribution in [0.5, 0.6) is 0 Å². The summed E-state index contributed by atoms with van der Waals surface area (Å²) in [6.07, 6.45) is 2.11. The number of aliphatic hydroxyl groups excluding tert-OH is 1. The first-order valence-electron chi connectivity index (χ1n) is 6.52. The molecule has 0 aliphatic carbocycles. The first kappa shape index (κ1) is 14.0. The number of nitrogens with two attached hydrogens (primary N) is 1. The normalized spacial score (nSPS) is 16.7. The Morgan fingerprint density at radius 2 is 2.21 bits per heavy atom. The fourth-order valence-corrected chi connectivity index (χ4v) is 2.25. The molecule has 0 atom stereocenters. The molecular weight excluding hydrogens is 246 g/mol. The number of hydrogen-bond acceptors (Lipinski definition) is 7. The molecule has 0 bridgehead atoms. The van der Waals surface area contributed by atoms with Gasteiger partial charge in [0.25, 0.3) is 0 Å². The minimum atomic E-state index is 0.0802. The highest BCUT2D eigenvalue weighted by molar-refractivity contribution is 5.44. The molecule has 4 N–H and O–H groups in total. The van der Waals surface area contributed by atoms with Crippen LogP contribution in [0.25, 0.3) is 0 Å². The minimum absolute atomic E-state index is 0.0802. The predicted molar refractivity (Wildman–Crippen MR) is 72.9 cm³/mol. The quantitative estimate of drug-likeness (QED) is 0.512. The Kier molecular flexibility index (Phi) is 4.89. The van der Waals surface area contributed by atoms with Crippen molar-refractivity contribution in [3.63, 3.8) is 0 Å². The highest BCUT2D eigenvalue weighted by Crippen LogP contribution is 2.21. The highest BCUT2D eigenvalue weighted by atomic mass is 16.5. The monoisotopic (exact) mass is 267 g/mol. The number of piperidine rings is 1. The molecule has 1 aliphatic heterocycles. The summed E-state index contributed by atoms with van der Waals surface area (Å²) in [7, 11) is 0. The Balaban J connectivity index is 1.95. The van der Waals surface area contributed by atoms with Crippen LogP contribution in [-0.2, 0) is 4.74 Å². The number of aromatic nitrogens is 2. The van der Waals surface area contributed by atoms with Crippen LogP contribution in [0.15, 0.2) is 6.07 Å². The molecule has 19 heavy (non-hydrogen) atoms. The first-order valence-corrected chi connectivity index (χ1v) is 6.52. The third-order valence-corrected chi connectivity index (χ3v) is 3.18. The molecular formula is C12H21N5O2. The van der Waals surface area contributed by atoms with E-state index in [9.17, 15) is 0 Å². The van der Waals surface area contributed by atoms with Crippen molar-refractivity contribution in [1.29, 1.82) is 0 Å². The zero-order valence-corrected chi connectivity index (χ0v) is 11.2. The van der Waals surface area contributed by atoms with E-state index in [0.717, 1.165) is 37.4 Å². The summed E-state index contributed by atoms with van der Waals surface area (Å²) in [5, 5.41) is 8.74. The van der Waals surface area contributed by atoms with Gasteiger partial charge in [0.15, 0.2) is 0 Å². The van der Waals surface area contributed by atoms with Crippen molar-refractivity contribution >= 4 is 11.8 Å². The predicted octanol–water partition coefficient (Wildman–Crippen LogP) is 0.0483. The molecule has 1 saturated heterocycles. The zero-order valence-electron chi connectivity index (χ0n) is 11.2. The Hall–Kier alpha value is -1.44. The molecule has 1 aliphatic rings. The lowest BCUT2D eigenvalue weighted by atomic mass is 10.1. The molecule has 0 amide bonds. The summed E-state index contributed by atoms with van der Waals surface area (Å²) in [4.78, 5) is 10.7. The number of hydrogen-bond donors (Lipinski definition) is 3. The molecule has 2 rings (SSSR count). The molecule has 0 spiro atoms. The number of aryl methyl sites for hydroxylation is 1. The van der Waals surface area contributed by atoms with Gasteiger partial charge in [-0.05, 0) is 19.8 Å². The Morgan fingerprint density at radius 3 is 2.84 bits per heavy atom. The first-order chi connectivity index (χ1) is 9.22. The van der Waals surface area contributed by atoms with Crippen molar-refractivity contribution in [3.8, 4) is 0 Å². The molecule has 0 unspecified atom stereocenters. The summed E-state index contributed by atoms with van der Waals surface area (Å²) >= 11 is 0. The van der Waals surface area contributed by atoms with Gasteiger partial charge in [-0.25, -0.2) is 10.8 Å². The average Bonchev–Trinajstić information content (AvgIpc) is 2.45. The van der Waals surface area contributed by atoms with Gasteiger partial charge in [-0.3, -0.25) is 5.43 Å². The molecule has 1 fully saturated rings. The number of nitrogens with one attached hydrogen (secondary N) is 1. The van der Waals surface area contributed by atoms with E-state index < -0.39 is 0 Å². The third kappa shape index (κ3) is 3.76. The summed E-state index contributed by atoms with van der Waals surface area (Å²) in [6, 6.07) is 1.95. The van der Waals surface area contributed by atoms with Gasteiger partial charge in [0, 0.05) is 24.8 Å². The topological polar surface area (TPSA) is 96.5 Å². The van der Waals surface area contributed by atoms with Crippen molar-refractivity contribution in [2.45, 2.75) is 25.9 Å². The lowest BCUT2D eigenvalue weighted by Crippen LogP contribution is -2.38. The third-order valence-electron chi connectivity index (χ3n) is 3.18. The van der Waals surface area contributed by atoms with E-state index in [-0.39, 0.29) is 12.7 Å². The Morgan fingerprint density at radius 1 is 1.47 bits per heavy atom. The van der Waals surface area contributed by atoms with Gasteiger partial charge in [-0.2, -0.15) is 4.98 Å². The highest BCUT2D eigenvalue weighted by Gasteiger charge is 2.21. The SMILES string of the molecule is Cc1cc(N2CCC(OCCO)CC2)nc(NN)n1. The Labute approximate surface area is 112 Å². The van der Waals surface area contributed by atoms with Gasteiger partial charge >= 0.3 is 0 Å². The van der Waals surface area contributed by atoms with Crippen LogP contribution in [0.4, 0.5) is 11.8 Å². The molecule has 2 heterocycles. The second-order valence-electron chi connectivity index (χ2n) is 4.62. The van der Waals surface area contributed by atoms with Crippen molar-refractivity contribution < 1.29 is 9.84 Å². The van der Waals surface area contributed by atoms with Gasteiger partial charge in [0.05, 0.1) is 19.3 Å². The van der Waals surface area contributed by atoms with E-state index in [1.807, 2.05) is 13.0 Å². The number of hydrazine groups is 1. The second-order valence-corrected chi connectivity index (χ2v) is 4.62. The maximum atomic E-state index is 8.74. The van der Waals surface area contributed by atoms with Crippen LogP contribution in [-0.4, -0.2) is 47.5 Å². The van der Waals surface area contributed by atoms with Crippen LogP contribution in [0.1, 0.15) is 18.5 Å². The number of aliphatic hydroxyl groups is 1. The largest absolute Gasteiger partial charge is 0.394 e. The number of anilines is 2. The molecule has 106 valence electrons. The number of ether oxygens (including phenoxy) is 1. The summed E-state index contributed by atoms with van der Waals surface area (Å²) in [5.41, 5.74) is 3.37. The standard InChI is InChI=1S/C12H21N5O2/c1-9-8-11(15-12(14-9)16-13)17-4-2-10(3-5-17)19-7-6-18/h8,10,18H,2-7,13H2,1H3,(H,14,15,16). The molecule has 7 heteroatoms. The van der Waals surface area contributed by atoms with Crippen molar-refractivity contribution in [3.05, 3.63) is 11.8 Å². The van der Waals surface area contributed by atoms with E-state index in [0.29, 0.717) is 12.6 Å². The maximum absolute atomic E-state index is 8.74. The lowest BCUT2D eigenvalue weighted by molar-refractivity contribution is 0.0158. The van der Waals surface area contributed by atoms with Crippen LogP contribution >= 0.6 is 0 Å². The van der Waals surface area contributed by atoms with Crippen LogP contribution in [0, 0.1) is 6.92 Å². The van der Waals surface area contributed by atoms with Crippen LogP contribution < -0.4 is 16.2 Å². The minimum Gasteiger partial charge on any atom is -0.394 e. The number of nitrogen functional groups attached to an aromatic ring is 1. The number of nitrogens with zero attached hydrogens (tertiary/aromatic N) is 3. The van der Waals surface area contributed by atoms with Gasteiger partial charge in [0.1, 0.15) is 5.82 Å². The van der Waals surface area contributed by atoms with E-state index in [1.54, 1.807) is 0 Å². The van der Waals surface area contributed by atoms with Crippen molar-refractivity contribution in [2.75, 3.05) is 36.6 Å². The molecule has 1 aromatic rings. The molecule has 1 aromatic heterocycles. The molecule has 0 saturated carbocycles. The van der Waals surface area contributed by atoms with Gasteiger partial charge < -0.3 is 14.7 Å². The fourth-order valence-electron chi connectivity index (χ4n) is 2.25. The summed E-state index contributed by atoms with van der Waals surface area (Å²) in [6.45, 7) is 4.19. The lowest BCUT2D eigenvalue weighted by Gasteiger charge is -2.32. The van der Waals surface area contributed by atoms with E-state index >= 15 is 0 Å². The zero-order chi connectivity index (χ0) is 13.7. The van der Waals surface area contributed by atoms with Crippen molar-refractivity contribution in [2.24, 2.45) is 5.84 Å². The fraction of sp³-hybridized carbons (Fsp3) is 0.667. The van der Waals surface area contributed by atoms with Crippen LogP contribution in [0.2, 0.25) is 0 Å². The molecule has 0 aromatic carbocycles. The molecule has 0 radical (unpaired) electrons. The summed E-state index contributed by atoms with van der Waals surface area (Å²) < 4.78 is 5.54. The van der Waals surface area contributed by atoms with E-state index in [1.165, 1.54) is 0 Å². The second kappa shape index (κ2) is 6.65. The number of rotatable bonds is 5. The smallest absolute Gasteiger partial charge is 0.239 e. The maximum Gasteiger partial charge on any atom is 0.239 e. The van der Waals surface area contributed by atoms with E-state index in [4.69, 9.17) is 15.7 Å². The van der Waals surface area contributed by atoms with Gasteiger partial charge in [-0.15, -0.1) is 0 Å². The average molecular weight is 267 g/mol. The van der Waals surface area contributed by atoms with Crippen LogP contribution in [0.3, 0.4) is 0 Å². The summed E-state index contributed by atoms with van der Waals surface area (Å²) in [5.74, 6) is 6.69. The Bertz CT molecular complexity index is 407. The van der Waals surface area contributed by atoms with Gasteiger partial charge in [0.2, 0.25) is 5.95 Å². The van der Waals surface area contributed by atoms with Gasteiger partial charge in [-0.1, -0.05) is 0 Å². The van der Waals surface area contributed by atoms with E-state index in [2.05, 4.69) is 20.3 Å². The molecule has 7 nitrogen and oxygen atoms in total. The van der Waals surface area contributed by atoms with Crippen molar-refractivity contribution in [1.82, 2.24) is 9.97 Å².